The second-order valence-corrected chi connectivity index (χ2v) is 6.75. The molecule has 2 aromatic heterocycles. The number of furan rings is 1. The molecule has 24 heavy (non-hydrogen) atoms. The van der Waals surface area contributed by atoms with Crippen LogP contribution in [0.4, 0.5) is 0 Å². The number of piperazine rings is 1. The van der Waals surface area contributed by atoms with Gasteiger partial charge in [0, 0.05) is 36.1 Å². The Kier molecular flexibility index (Phi) is 2.84. The van der Waals surface area contributed by atoms with Gasteiger partial charge in [0.1, 0.15) is 5.76 Å². The van der Waals surface area contributed by atoms with E-state index in [0.717, 1.165) is 41.7 Å². The molecule has 1 amide bonds. The molecule has 0 radical (unpaired) electrons. The quantitative estimate of drug-likeness (QED) is 0.786. The van der Waals surface area contributed by atoms with Gasteiger partial charge in [0.15, 0.2) is 5.69 Å². The first-order valence-electron chi connectivity index (χ1n) is 8.24. The fourth-order valence-corrected chi connectivity index (χ4v) is 4.03. The molecule has 6 nitrogen and oxygen atoms in total. The molecule has 4 heterocycles. The van der Waals surface area contributed by atoms with Gasteiger partial charge in [-0.3, -0.25) is 14.8 Å². The Bertz CT molecular complexity index is 912. The fraction of sp³-hybridized carbons (Fsp3) is 0.333. The van der Waals surface area contributed by atoms with Crippen molar-refractivity contribution in [2.45, 2.75) is 18.5 Å². The number of H-pyrrole nitrogens is 1. The van der Waals surface area contributed by atoms with Crippen molar-refractivity contribution in [3.8, 4) is 11.3 Å². The Morgan fingerprint density at radius 2 is 2.21 bits per heavy atom. The summed E-state index contributed by atoms with van der Waals surface area (Å²) in [7, 11) is 2.13. The number of benzene rings is 1. The average molecular weight is 322 g/mol. The predicted molar refractivity (Wildman–Crippen MR) is 89.7 cm³/mol. The number of nitrogens with zero attached hydrogens (tertiary/aromatic N) is 3. The van der Waals surface area contributed by atoms with Crippen molar-refractivity contribution in [2.75, 3.05) is 20.1 Å². The molecule has 2 aliphatic heterocycles. The molecule has 2 fully saturated rings. The third-order valence-electron chi connectivity index (χ3n) is 5.35. The van der Waals surface area contributed by atoms with Gasteiger partial charge in [-0.05, 0) is 37.7 Å². The van der Waals surface area contributed by atoms with Crippen LogP contribution >= 0.6 is 0 Å². The fourth-order valence-electron chi connectivity index (χ4n) is 4.03. The zero-order valence-electron chi connectivity index (χ0n) is 13.4. The van der Waals surface area contributed by atoms with Gasteiger partial charge >= 0.3 is 0 Å². The molecule has 6 heteroatoms. The molecule has 122 valence electrons. The lowest BCUT2D eigenvalue weighted by Crippen LogP contribution is -2.47. The van der Waals surface area contributed by atoms with Crippen LogP contribution in [0, 0.1) is 0 Å². The molecule has 2 atom stereocenters. The molecule has 2 aliphatic rings. The van der Waals surface area contributed by atoms with Gasteiger partial charge in [-0.25, -0.2) is 0 Å². The molecule has 3 aromatic rings. The van der Waals surface area contributed by atoms with Crippen LogP contribution in [0.1, 0.15) is 16.9 Å². The summed E-state index contributed by atoms with van der Waals surface area (Å²) in [6, 6.07) is 10.5. The summed E-state index contributed by atoms with van der Waals surface area (Å²) < 4.78 is 5.43. The van der Waals surface area contributed by atoms with Crippen molar-refractivity contribution < 1.29 is 9.21 Å². The number of hydrogen-bond acceptors (Lipinski definition) is 4. The first-order valence-corrected chi connectivity index (χ1v) is 8.24. The number of carbonyl (C=O) groups excluding carboxylic acids is 1. The molecule has 0 spiro atoms. The summed E-state index contributed by atoms with van der Waals surface area (Å²) in [5.41, 5.74) is 2.34. The molecule has 5 rings (SSSR count). The Morgan fingerprint density at radius 1 is 1.29 bits per heavy atom. The van der Waals surface area contributed by atoms with Gasteiger partial charge < -0.3 is 9.32 Å². The van der Waals surface area contributed by atoms with Crippen molar-refractivity contribution in [3.63, 3.8) is 0 Å². The molecule has 1 aromatic carbocycles. The minimum absolute atomic E-state index is 0.0348. The van der Waals surface area contributed by atoms with E-state index >= 15 is 0 Å². The number of nitrogens with one attached hydrogen (secondary N) is 1. The summed E-state index contributed by atoms with van der Waals surface area (Å²) in [6.07, 6.45) is 2.73. The first-order chi connectivity index (χ1) is 11.7. The minimum Gasteiger partial charge on any atom is -0.464 e. The van der Waals surface area contributed by atoms with Crippen molar-refractivity contribution in [1.82, 2.24) is 20.0 Å². The predicted octanol–water partition coefficient (Wildman–Crippen LogP) is 2.35. The highest BCUT2D eigenvalue weighted by Crippen LogP contribution is 2.32. The lowest BCUT2D eigenvalue weighted by Gasteiger charge is -2.31. The van der Waals surface area contributed by atoms with Crippen LogP contribution in [0.15, 0.2) is 41.0 Å². The zero-order chi connectivity index (χ0) is 16.3. The van der Waals surface area contributed by atoms with Crippen LogP contribution in [0.3, 0.4) is 0 Å². The van der Waals surface area contributed by atoms with Crippen molar-refractivity contribution in [3.05, 3.63) is 42.3 Å². The van der Waals surface area contributed by atoms with E-state index in [0.29, 0.717) is 17.8 Å². The highest BCUT2D eigenvalue weighted by molar-refractivity contribution is 6.05. The molecule has 0 aliphatic carbocycles. The number of carbonyl (C=O) groups is 1. The van der Waals surface area contributed by atoms with Crippen LogP contribution in [0.2, 0.25) is 0 Å². The molecule has 1 N–H and O–H groups in total. The number of hydrogen-bond donors (Lipinski definition) is 1. The average Bonchev–Trinajstić information content (AvgIpc) is 3.35. The van der Waals surface area contributed by atoms with Crippen LogP contribution in [-0.2, 0) is 0 Å². The maximum atomic E-state index is 12.9. The van der Waals surface area contributed by atoms with Gasteiger partial charge in [0.05, 0.1) is 11.8 Å². The van der Waals surface area contributed by atoms with E-state index in [1.807, 2.05) is 35.2 Å². The molecular formula is C18H18N4O2. The number of amides is 1. The van der Waals surface area contributed by atoms with E-state index in [9.17, 15) is 4.79 Å². The Hall–Kier alpha value is -2.60. The van der Waals surface area contributed by atoms with E-state index in [-0.39, 0.29) is 5.91 Å². The van der Waals surface area contributed by atoms with E-state index in [1.165, 1.54) is 0 Å². The van der Waals surface area contributed by atoms with Gasteiger partial charge in [-0.1, -0.05) is 6.07 Å². The van der Waals surface area contributed by atoms with Gasteiger partial charge in [0.2, 0.25) is 0 Å². The summed E-state index contributed by atoms with van der Waals surface area (Å²) in [6.45, 7) is 1.76. The maximum absolute atomic E-state index is 12.9. The smallest absolute Gasteiger partial charge is 0.275 e. The summed E-state index contributed by atoms with van der Waals surface area (Å²) in [4.78, 5) is 17.3. The van der Waals surface area contributed by atoms with Gasteiger partial charge in [0.25, 0.3) is 5.91 Å². The highest BCUT2D eigenvalue weighted by atomic mass is 16.3. The van der Waals surface area contributed by atoms with Gasteiger partial charge in [-0.15, -0.1) is 0 Å². The topological polar surface area (TPSA) is 65.4 Å². The van der Waals surface area contributed by atoms with Crippen LogP contribution in [0.25, 0.3) is 22.2 Å². The van der Waals surface area contributed by atoms with Crippen molar-refractivity contribution in [2.24, 2.45) is 0 Å². The number of aromatic nitrogens is 2. The Balaban J connectivity index is 1.48. The monoisotopic (exact) mass is 322 g/mol. The summed E-state index contributed by atoms with van der Waals surface area (Å²) >= 11 is 0. The summed E-state index contributed by atoms with van der Waals surface area (Å²) in [5, 5.41) is 8.17. The van der Waals surface area contributed by atoms with Crippen LogP contribution in [-0.4, -0.2) is 58.1 Å². The number of likely N-dealkylation sites (N-methyl/N-ethyl adjacent to an activating group) is 1. The van der Waals surface area contributed by atoms with Crippen molar-refractivity contribution in [1.29, 1.82) is 0 Å². The normalized spacial score (nSPS) is 23.5. The number of aromatic amines is 1. The van der Waals surface area contributed by atoms with Crippen LogP contribution in [0.5, 0.6) is 0 Å². The van der Waals surface area contributed by atoms with E-state index in [4.69, 9.17) is 4.42 Å². The number of likely N-dealkylation sites (tertiary alicyclic amines) is 2. The maximum Gasteiger partial charge on any atom is 0.275 e. The third-order valence-corrected chi connectivity index (χ3v) is 5.35. The zero-order valence-corrected chi connectivity index (χ0v) is 13.4. The molecule has 0 saturated carbocycles. The second kappa shape index (κ2) is 4.95. The van der Waals surface area contributed by atoms with E-state index in [1.54, 1.807) is 6.26 Å². The highest BCUT2D eigenvalue weighted by Gasteiger charge is 2.44. The molecular weight excluding hydrogens is 304 g/mol. The van der Waals surface area contributed by atoms with Crippen molar-refractivity contribution >= 4 is 16.8 Å². The largest absolute Gasteiger partial charge is 0.464 e. The SMILES string of the molecule is CN1CC2CC1CN2C(=O)c1n[nH]c2cc(-c3ccco3)ccc12. The molecule has 2 unspecified atom stereocenters. The van der Waals surface area contributed by atoms with E-state index in [2.05, 4.69) is 22.1 Å². The lowest BCUT2D eigenvalue weighted by molar-refractivity contribution is 0.0646. The lowest BCUT2D eigenvalue weighted by atomic mass is 10.1. The van der Waals surface area contributed by atoms with E-state index < -0.39 is 0 Å². The number of fused-ring (bicyclic) bond motifs is 3. The first kappa shape index (κ1) is 13.8. The molecule has 2 saturated heterocycles. The Morgan fingerprint density at radius 3 is 2.92 bits per heavy atom. The Labute approximate surface area is 139 Å². The standard InChI is InChI=1S/C18H18N4O2/c1-21-9-13-8-12(21)10-22(13)18(23)17-14-5-4-11(7-15(14)19-20-17)16-3-2-6-24-16/h2-7,12-13H,8-10H2,1H3,(H,19,20). The van der Waals surface area contributed by atoms with Gasteiger partial charge in [-0.2, -0.15) is 5.10 Å². The molecule has 2 bridgehead atoms. The number of rotatable bonds is 2. The second-order valence-electron chi connectivity index (χ2n) is 6.75. The summed E-state index contributed by atoms with van der Waals surface area (Å²) in [5.74, 6) is 0.840. The third kappa shape index (κ3) is 1.93. The van der Waals surface area contributed by atoms with Crippen LogP contribution < -0.4 is 0 Å². The minimum atomic E-state index is 0.0348.